The Balaban J connectivity index is 2.04. The number of carbonyl (C=O) groups is 1. The van der Waals surface area contributed by atoms with Crippen LogP contribution in [0, 0.1) is 0 Å². The van der Waals surface area contributed by atoms with Gasteiger partial charge in [-0.1, -0.05) is 41.9 Å². The van der Waals surface area contributed by atoms with Crippen molar-refractivity contribution in [1.29, 1.82) is 0 Å². The molecule has 2 N–H and O–H groups in total. The van der Waals surface area contributed by atoms with Crippen molar-refractivity contribution < 1.29 is 4.79 Å². The maximum Gasteiger partial charge on any atom is 0.291 e. The summed E-state index contributed by atoms with van der Waals surface area (Å²) >= 11 is 3.39. The Morgan fingerprint density at radius 2 is 1.90 bits per heavy atom. The van der Waals surface area contributed by atoms with Gasteiger partial charge in [0.25, 0.3) is 5.91 Å². The third-order valence-electron chi connectivity index (χ3n) is 2.97. The Hall–Kier alpha value is -1.69. The van der Waals surface area contributed by atoms with E-state index in [-0.39, 0.29) is 23.7 Å². The molecule has 0 spiro atoms. The van der Waals surface area contributed by atoms with E-state index < -0.39 is 0 Å². The molecule has 106 valence electrons. The van der Waals surface area contributed by atoms with E-state index >= 15 is 0 Å². The molecule has 2 rings (SSSR count). The Labute approximate surface area is 126 Å². The molecule has 1 aromatic carbocycles. The first kappa shape index (κ1) is 14.7. The number of aromatic amines is 1. The number of halogens is 1. The zero-order chi connectivity index (χ0) is 14.7. The highest BCUT2D eigenvalue weighted by Crippen LogP contribution is 2.17. The number of benzene rings is 1. The number of carbonyl (C=O) groups excluding carboxylic acids is 1. The first-order valence-corrected chi connectivity index (χ1v) is 7.25. The molecule has 0 bridgehead atoms. The third kappa shape index (κ3) is 3.45. The molecule has 1 aromatic heterocycles. The smallest absolute Gasteiger partial charge is 0.291 e. The van der Waals surface area contributed by atoms with Crippen molar-refractivity contribution in [2.45, 2.75) is 32.7 Å². The van der Waals surface area contributed by atoms with E-state index in [1.165, 1.54) is 0 Å². The van der Waals surface area contributed by atoms with Gasteiger partial charge < -0.3 is 5.32 Å². The average molecular weight is 337 g/mol. The molecule has 0 aliphatic carbocycles. The molecule has 2 aromatic rings. The van der Waals surface area contributed by atoms with Crippen LogP contribution in [0.1, 0.15) is 54.7 Å². The van der Waals surface area contributed by atoms with Crippen LogP contribution in [0.15, 0.2) is 28.7 Å². The lowest BCUT2D eigenvalue weighted by Crippen LogP contribution is -2.27. The van der Waals surface area contributed by atoms with Crippen LogP contribution in [0.2, 0.25) is 0 Å². The van der Waals surface area contributed by atoms with Gasteiger partial charge in [0.2, 0.25) is 5.82 Å². The lowest BCUT2D eigenvalue weighted by molar-refractivity contribution is 0.0929. The summed E-state index contributed by atoms with van der Waals surface area (Å²) in [4.78, 5) is 16.3. The molecule has 5 nitrogen and oxygen atoms in total. The molecule has 0 fully saturated rings. The van der Waals surface area contributed by atoms with E-state index in [9.17, 15) is 4.79 Å². The normalized spacial score (nSPS) is 12.4. The summed E-state index contributed by atoms with van der Waals surface area (Å²) in [5.74, 6) is 0.834. The van der Waals surface area contributed by atoms with Crippen LogP contribution in [0.4, 0.5) is 0 Å². The average Bonchev–Trinajstić information content (AvgIpc) is 2.89. The zero-order valence-corrected chi connectivity index (χ0v) is 13.2. The molecule has 1 amide bonds. The van der Waals surface area contributed by atoms with Crippen LogP contribution in [-0.4, -0.2) is 21.1 Å². The molecular formula is C14H17BrN4O. The van der Waals surface area contributed by atoms with Gasteiger partial charge in [-0.2, -0.15) is 0 Å². The number of aromatic nitrogens is 3. The predicted octanol–water partition coefficient (Wildman–Crippen LogP) is 3.18. The molecule has 6 heteroatoms. The fraction of sp³-hybridized carbons (Fsp3) is 0.357. The molecule has 1 atom stereocenters. The zero-order valence-electron chi connectivity index (χ0n) is 11.6. The predicted molar refractivity (Wildman–Crippen MR) is 80.5 cm³/mol. The molecule has 0 radical (unpaired) electrons. The summed E-state index contributed by atoms with van der Waals surface area (Å²) in [7, 11) is 0. The SMILES string of the molecule is CC(C)c1nc(C(=O)N[C@@H](C)c2ccc(Br)cc2)n[nH]1. The van der Waals surface area contributed by atoms with Crippen molar-refractivity contribution in [3.05, 3.63) is 46.0 Å². The van der Waals surface area contributed by atoms with Gasteiger partial charge in [0.1, 0.15) is 5.82 Å². The van der Waals surface area contributed by atoms with Crippen LogP contribution in [0.5, 0.6) is 0 Å². The summed E-state index contributed by atoms with van der Waals surface area (Å²) < 4.78 is 1.01. The van der Waals surface area contributed by atoms with Crippen molar-refractivity contribution in [3.8, 4) is 0 Å². The van der Waals surface area contributed by atoms with E-state index in [0.717, 1.165) is 10.0 Å². The van der Waals surface area contributed by atoms with Crippen molar-refractivity contribution in [2.75, 3.05) is 0 Å². The van der Waals surface area contributed by atoms with Crippen molar-refractivity contribution in [2.24, 2.45) is 0 Å². The maximum absolute atomic E-state index is 12.1. The monoisotopic (exact) mass is 336 g/mol. The third-order valence-corrected chi connectivity index (χ3v) is 3.50. The van der Waals surface area contributed by atoms with Crippen LogP contribution in [0.3, 0.4) is 0 Å². The number of amides is 1. The molecular weight excluding hydrogens is 320 g/mol. The molecule has 0 aliphatic heterocycles. The summed E-state index contributed by atoms with van der Waals surface area (Å²) in [5, 5.41) is 9.61. The molecule has 0 unspecified atom stereocenters. The van der Waals surface area contributed by atoms with Crippen LogP contribution in [-0.2, 0) is 0 Å². The summed E-state index contributed by atoms with van der Waals surface area (Å²) in [5.41, 5.74) is 1.03. The van der Waals surface area contributed by atoms with Crippen molar-refractivity contribution >= 4 is 21.8 Å². The van der Waals surface area contributed by atoms with Crippen molar-refractivity contribution in [1.82, 2.24) is 20.5 Å². The minimum absolute atomic E-state index is 0.100. The summed E-state index contributed by atoms with van der Waals surface area (Å²) in [6.07, 6.45) is 0. The number of hydrogen-bond donors (Lipinski definition) is 2. The molecule has 20 heavy (non-hydrogen) atoms. The minimum atomic E-state index is -0.274. The topological polar surface area (TPSA) is 70.7 Å². The highest BCUT2D eigenvalue weighted by atomic mass is 79.9. The lowest BCUT2D eigenvalue weighted by Gasteiger charge is -2.13. The molecule has 0 aliphatic rings. The quantitative estimate of drug-likeness (QED) is 0.900. The van der Waals surface area contributed by atoms with E-state index in [1.807, 2.05) is 45.0 Å². The molecule has 0 saturated heterocycles. The second-order valence-corrected chi connectivity index (χ2v) is 5.86. The van der Waals surface area contributed by atoms with Crippen LogP contribution >= 0.6 is 15.9 Å². The van der Waals surface area contributed by atoms with E-state index in [0.29, 0.717) is 5.82 Å². The first-order chi connectivity index (χ1) is 9.47. The second kappa shape index (κ2) is 6.17. The van der Waals surface area contributed by atoms with E-state index in [4.69, 9.17) is 0 Å². The van der Waals surface area contributed by atoms with E-state index in [2.05, 4.69) is 36.4 Å². The van der Waals surface area contributed by atoms with Gasteiger partial charge in [-0.3, -0.25) is 9.89 Å². The molecule has 0 saturated carbocycles. The minimum Gasteiger partial charge on any atom is -0.343 e. The van der Waals surface area contributed by atoms with Crippen LogP contribution < -0.4 is 5.32 Å². The van der Waals surface area contributed by atoms with E-state index in [1.54, 1.807) is 0 Å². The van der Waals surface area contributed by atoms with Gasteiger partial charge in [0.15, 0.2) is 0 Å². The van der Waals surface area contributed by atoms with Crippen molar-refractivity contribution in [3.63, 3.8) is 0 Å². The number of nitrogens with one attached hydrogen (secondary N) is 2. The number of rotatable bonds is 4. The van der Waals surface area contributed by atoms with Gasteiger partial charge in [-0.25, -0.2) is 4.98 Å². The fourth-order valence-corrected chi connectivity index (χ4v) is 1.99. The van der Waals surface area contributed by atoms with Gasteiger partial charge in [-0.05, 0) is 24.6 Å². The number of H-pyrrole nitrogens is 1. The van der Waals surface area contributed by atoms with Gasteiger partial charge >= 0.3 is 0 Å². The Morgan fingerprint density at radius 1 is 1.25 bits per heavy atom. The molecule has 1 heterocycles. The highest BCUT2D eigenvalue weighted by Gasteiger charge is 2.16. The number of nitrogens with zero attached hydrogens (tertiary/aromatic N) is 2. The fourth-order valence-electron chi connectivity index (χ4n) is 1.73. The number of hydrogen-bond acceptors (Lipinski definition) is 3. The van der Waals surface area contributed by atoms with Crippen LogP contribution in [0.25, 0.3) is 0 Å². The Bertz CT molecular complexity index is 591. The maximum atomic E-state index is 12.1. The second-order valence-electron chi connectivity index (χ2n) is 4.95. The lowest BCUT2D eigenvalue weighted by atomic mass is 10.1. The highest BCUT2D eigenvalue weighted by molar-refractivity contribution is 9.10. The standard InChI is InChI=1S/C14H17BrN4O/c1-8(2)12-17-13(19-18-12)14(20)16-9(3)10-4-6-11(15)7-5-10/h4-9H,1-3H3,(H,16,20)(H,17,18,19)/t9-/m0/s1. The summed E-state index contributed by atoms with van der Waals surface area (Å²) in [6.45, 7) is 5.91. The first-order valence-electron chi connectivity index (χ1n) is 6.46. The van der Waals surface area contributed by atoms with Gasteiger partial charge in [0, 0.05) is 10.4 Å². The summed E-state index contributed by atoms with van der Waals surface area (Å²) in [6, 6.07) is 7.72. The van der Waals surface area contributed by atoms with Gasteiger partial charge in [0.05, 0.1) is 6.04 Å². The largest absolute Gasteiger partial charge is 0.343 e. The Kier molecular flexibility index (Phi) is 4.54. The Morgan fingerprint density at radius 3 is 2.45 bits per heavy atom. The van der Waals surface area contributed by atoms with Gasteiger partial charge in [-0.15, -0.1) is 5.10 Å².